The number of aromatic hydroxyl groups is 1. The molecule has 0 bridgehead atoms. The Hall–Kier alpha value is -1.55. The lowest BCUT2D eigenvalue weighted by Crippen LogP contribution is -2.43. The topological polar surface area (TPSA) is 121 Å². The molecule has 0 aliphatic rings. The molecule has 2 aromatic rings. The molecule has 0 heterocycles. The number of benzene rings is 2. The van der Waals surface area contributed by atoms with Crippen molar-refractivity contribution >= 4 is 33.5 Å². The van der Waals surface area contributed by atoms with Crippen LogP contribution in [-0.2, 0) is 10.1 Å². The highest BCUT2D eigenvalue weighted by Gasteiger charge is 2.32. The van der Waals surface area contributed by atoms with Crippen LogP contribution in [0.2, 0.25) is 5.02 Å². The molecule has 2 atom stereocenters. The van der Waals surface area contributed by atoms with Gasteiger partial charge in [0.2, 0.25) is 0 Å². The van der Waals surface area contributed by atoms with Gasteiger partial charge < -0.3 is 15.9 Å². The van der Waals surface area contributed by atoms with Crippen LogP contribution in [0, 0.1) is 0 Å². The van der Waals surface area contributed by atoms with Crippen molar-refractivity contribution in [2.75, 3.05) is 0 Å². The molecule has 0 amide bonds. The molecule has 5 N–H and O–H groups in total. The first-order valence-corrected chi connectivity index (χ1v) is 10.6. The summed E-state index contributed by atoms with van der Waals surface area (Å²) in [6.45, 7) is 1.68. The minimum absolute atomic E-state index is 0.152. The van der Waals surface area contributed by atoms with Gasteiger partial charge in [0.05, 0.1) is 10.9 Å². The van der Waals surface area contributed by atoms with Crippen LogP contribution in [0.5, 0.6) is 5.75 Å². The lowest BCUT2D eigenvalue weighted by molar-refractivity contribution is 0.108. The summed E-state index contributed by atoms with van der Waals surface area (Å²) in [6, 6.07) is 11.7. The Kier molecular flexibility index (Phi) is 6.96. The molecule has 2 aromatic carbocycles. The average Bonchev–Trinajstić information content (AvgIpc) is 2.59. The fourth-order valence-corrected chi connectivity index (χ4v) is 4.07. The Morgan fingerprint density at radius 2 is 1.93 bits per heavy atom. The van der Waals surface area contributed by atoms with E-state index in [9.17, 15) is 18.6 Å². The first kappa shape index (κ1) is 21.7. The zero-order valence-electron chi connectivity index (χ0n) is 14.4. The molecule has 0 aromatic heterocycles. The van der Waals surface area contributed by atoms with Gasteiger partial charge in [0, 0.05) is 20.4 Å². The Labute approximate surface area is 167 Å². The van der Waals surface area contributed by atoms with E-state index < -0.39 is 21.8 Å². The fraction of sp³-hybridized carbons (Fsp3) is 0.222. The first-order chi connectivity index (χ1) is 12.5. The van der Waals surface area contributed by atoms with Crippen LogP contribution in [0.1, 0.15) is 25.0 Å². The van der Waals surface area contributed by atoms with E-state index in [1.165, 1.54) is 11.8 Å². The van der Waals surface area contributed by atoms with Gasteiger partial charge in [-0.05, 0) is 42.8 Å². The predicted octanol–water partition coefficient (Wildman–Crippen LogP) is 3.74. The van der Waals surface area contributed by atoms with E-state index in [4.69, 9.17) is 21.9 Å². The van der Waals surface area contributed by atoms with Gasteiger partial charge >= 0.3 is 0 Å². The highest BCUT2D eigenvalue weighted by Crippen LogP contribution is 2.37. The van der Waals surface area contributed by atoms with E-state index in [2.05, 4.69) is 0 Å². The van der Waals surface area contributed by atoms with Gasteiger partial charge in [0.1, 0.15) is 11.9 Å². The molecule has 27 heavy (non-hydrogen) atoms. The van der Waals surface area contributed by atoms with Crippen LogP contribution < -0.4 is 5.73 Å². The minimum Gasteiger partial charge on any atom is -0.508 e. The number of aliphatic hydroxyl groups is 1. The van der Waals surface area contributed by atoms with Crippen molar-refractivity contribution in [3.63, 3.8) is 0 Å². The molecule has 6 nitrogen and oxygen atoms in total. The van der Waals surface area contributed by atoms with Crippen LogP contribution >= 0.6 is 23.4 Å². The Morgan fingerprint density at radius 3 is 2.48 bits per heavy atom. The highest BCUT2D eigenvalue weighted by molar-refractivity contribution is 7.99. The van der Waals surface area contributed by atoms with Gasteiger partial charge in [-0.15, -0.1) is 0 Å². The highest BCUT2D eigenvalue weighted by atomic mass is 35.5. The van der Waals surface area contributed by atoms with Crippen molar-refractivity contribution in [3.05, 3.63) is 64.5 Å². The Balaban J connectivity index is 2.29. The van der Waals surface area contributed by atoms with Crippen molar-refractivity contribution in [2.24, 2.45) is 5.73 Å². The molecule has 0 spiro atoms. The van der Waals surface area contributed by atoms with Crippen LogP contribution in [0.4, 0.5) is 0 Å². The summed E-state index contributed by atoms with van der Waals surface area (Å²) in [5.74, 6) is 0.152. The van der Waals surface area contributed by atoms with Gasteiger partial charge in [-0.3, -0.25) is 4.55 Å². The van der Waals surface area contributed by atoms with Crippen molar-refractivity contribution in [1.29, 1.82) is 0 Å². The lowest BCUT2D eigenvalue weighted by Gasteiger charge is -2.31. The summed E-state index contributed by atoms with van der Waals surface area (Å²) >= 11 is 7.68. The standard InChI is InChI=1S/C18H20ClNO5S2/c1-2-18(20,8-9-27(23,24)25)17(22)15-7-6-14(11-16(15)19)26-13-5-3-4-12(21)10-13/h3-11,17,21-22H,2,20H2,1H3,(H,23,24,25)/b9-8+. The van der Waals surface area contributed by atoms with E-state index >= 15 is 0 Å². The molecule has 0 aliphatic carbocycles. The number of aliphatic hydroxyl groups excluding tert-OH is 1. The summed E-state index contributed by atoms with van der Waals surface area (Å²) in [5, 5.41) is 21.0. The minimum atomic E-state index is -4.37. The first-order valence-electron chi connectivity index (χ1n) is 7.94. The molecule has 0 radical (unpaired) electrons. The second-order valence-electron chi connectivity index (χ2n) is 5.97. The van der Waals surface area contributed by atoms with Crippen LogP contribution in [0.15, 0.2) is 63.7 Å². The van der Waals surface area contributed by atoms with Crippen LogP contribution in [-0.4, -0.2) is 28.7 Å². The van der Waals surface area contributed by atoms with Gasteiger partial charge in [-0.25, -0.2) is 0 Å². The molecular weight excluding hydrogens is 410 g/mol. The fourth-order valence-electron chi connectivity index (χ4n) is 2.38. The zero-order valence-corrected chi connectivity index (χ0v) is 16.8. The third-order valence-electron chi connectivity index (χ3n) is 3.99. The third kappa shape index (κ3) is 5.97. The summed E-state index contributed by atoms with van der Waals surface area (Å²) in [5.41, 5.74) is 5.03. The van der Waals surface area contributed by atoms with Crippen molar-refractivity contribution < 1.29 is 23.2 Å². The summed E-state index contributed by atoms with van der Waals surface area (Å²) < 4.78 is 30.8. The SMILES string of the molecule is CCC(N)(/C=C/S(=O)(=O)O)C(O)c1ccc(Sc2cccc(O)c2)cc1Cl. The van der Waals surface area contributed by atoms with Crippen molar-refractivity contribution in [3.8, 4) is 5.75 Å². The summed E-state index contributed by atoms with van der Waals surface area (Å²) in [6.07, 6.45) is -0.0255. The van der Waals surface area contributed by atoms with Gasteiger partial charge in [-0.1, -0.05) is 42.4 Å². The number of rotatable bonds is 7. The summed E-state index contributed by atoms with van der Waals surface area (Å²) in [7, 11) is -4.37. The van der Waals surface area contributed by atoms with E-state index in [0.717, 1.165) is 15.9 Å². The van der Waals surface area contributed by atoms with Gasteiger partial charge in [-0.2, -0.15) is 8.42 Å². The second kappa shape index (κ2) is 8.64. The molecule has 2 unspecified atom stereocenters. The van der Waals surface area contributed by atoms with Gasteiger partial charge in [0.25, 0.3) is 10.1 Å². The Bertz CT molecular complexity index is 949. The second-order valence-corrected chi connectivity index (χ2v) is 8.83. The van der Waals surface area contributed by atoms with Gasteiger partial charge in [0.15, 0.2) is 0 Å². The smallest absolute Gasteiger partial charge is 0.287 e. The van der Waals surface area contributed by atoms with E-state index in [-0.39, 0.29) is 17.2 Å². The maximum absolute atomic E-state index is 10.9. The monoisotopic (exact) mass is 429 g/mol. The quantitative estimate of drug-likeness (QED) is 0.494. The lowest BCUT2D eigenvalue weighted by atomic mass is 9.86. The largest absolute Gasteiger partial charge is 0.508 e. The predicted molar refractivity (Wildman–Crippen MR) is 107 cm³/mol. The van der Waals surface area contributed by atoms with E-state index in [0.29, 0.717) is 11.0 Å². The number of hydrogen-bond acceptors (Lipinski definition) is 6. The maximum Gasteiger partial charge on any atom is 0.287 e. The number of hydrogen-bond donors (Lipinski definition) is 4. The van der Waals surface area contributed by atoms with Crippen LogP contribution in [0.25, 0.3) is 0 Å². The summed E-state index contributed by atoms with van der Waals surface area (Å²) in [4.78, 5) is 1.60. The number of phenols is 1. The van der Waals surface area contributed by atoms with Crippen molar-refractivity contribution in [1.82, 2.24) is 0 Å². The molecule has 146 valence electrons. The van der Waals surface area contributed by atoms with Crippen molar-refractivity contribution in [2.45, 2.75) is 34.8 Å². The maximum atomic E-state index is 10.9. The van der Waals surface area contributed by atoms with E-state index in [1.54, 1.807) is 43.3 Å². The molecular formula is C18H20ClNO5S2. The average molecular weight is 430 g/mol. The normalized spacial score (nSPS) is 15.6. The molecule has 9 heteroatoms. The molecule has 0 aliphatic heterocycles. The number of nitrogens with two attached hydrogens (primary N) is 1. The third-order valence-corrected chi connectivity index (χ3v) is 5.78. The number of phenolic OH excluding ortho intramolecular Hbond substituents is 1. The molecule has 0 saturated heterocycles. The number of halogens is 1. The molecule has 0 saturated carbocycles. The Morgan fingerprint density at radius 1 is 1.26 bits per heavy atom. The molecule has 0 fully saturated rings. The zero-order chi connectivity index (χ0) is 20.2. The van der Waals surface area contributed by atoms with E-state index in [1.807, 2.05) is 6.07 Å². The van der Waals surface area contributed by atoms with Crippen LogP contribution in [0.3, 0.4) is 0 Å². The molecule has 2 rings (SSSR count).